The molecule has 0 radical (unpaired) electrons. The lowest BCUT2D eigenvalue weighted by Gasteiger charge is -2.01. The highest BCUT2D eigenvalue weighted by molar-refractivity contribution is 7.14. The molecule has 0 atom stereocenters. The summed E-state index contributed by atoms with van der Waals surface area (Å²) >= 11 is 1.40. The van der Waals surface area contributed by atoms with Gasteiger partial charge in [-0.3, -0.25) is 10.1 Å². The number of anilines is 1. The Bertz CT molecular complexity index is 843. The van der Waals surface area contributed by atoms with E-state index in [4.69, 9.17) is 6.42 Å². The first-order chi connectivity index (χ1) is 10.8. The van der Waals surface area contributed by atoms with E-state index in [1.54, 1.807) is 0 Å². The van der Waals surface area contributed by atoms with Crippen LogP contribution in [0.4, 0.5) is 5.13 Å². The quantitative estimate of drug-likeness (QED) is 0.501. The standard InChI is InChI=1S/C16H14N4OS/c1-2-7-17-9-15(21)20-16-19-14(10-22-16)12-8-18-13-6-4-3-5-11(12)13/h1,3-6,8,10,17-18H,7,9H2,(H,19,20,21). The van der Waals surface area contributed by atoms with Crippen LogP contribution >= 0.6 is 11.3 Å². The summed E-state index contributed by atoms with van der Waals surface area (Å²) in [5, 5.41) is 9.22. The smallest absolute Gasteiger partial charge is 0.240 e. The molecule has 22 heavy (non-hydrogen) atoms. The number of amides is 1. The molecule has 0 saturated carbocycles. The van der Waals surface area contributed by atoms with E-state index in [0.717, 1.165) is 22.2 Å². The second-order valence-electron chi connectivity index (χ2n) is 4.64. The molecule has 1 amide bonds. The molecule has 0 fully saturated rings. The zero-order valence-corrected chi connectivity index (χ0v) is 12.5. The van der Waals surface area contributed by atoms with Crippen LogP contribution in [-0.2, 0) is 4.79 Å². The van der Waals surface area contributed by atoms with Gasteiger partial charge in [0.1, 0.15) is 0 Å². The predicted molar refractivity (Wildman–Crippen MR) is 89.7 cm³/mol. The molecule has 5 nitrogen and oxygen atoms in total. The number of rotatable bonds is 5. The van der Waals surface area contributed by atoms with Crippen LogP contribution in [0.3, 0.4) is 0 Å². The molecule has 0 aliphatic heterocycles. The molecule has 2 aromatic heterocycles. The number of aromatic nitrogens is 2. The number of benzene rings is 1. The van der Waals surface area contributed by atoms with E-state index in [9.17, 15) is 4.79 Å². The summed E-state index contributed by atoms with van der Waals surface area (Å²) in [7, 11) is 0. The maximum absolute atomic E-state index is 11.7. The zero-order chi connectivity index (χ0) is 15.4. The Labute approximate surface area is 131 Å². The molecule has 0 aliphatic rings. The molecule has 3 N–H and O–H groups in total. The van der Waals surface area contributed by atoms with Gasteiger partial charge in [-0.1, -0.05) is 24.1 Å². The molecule has 0 spiro atoms. The van der Waals surface area contributed by atoms with Crippen LogP contribution in [0.25, 0.3) is 22.2 Å². The molecule has 1 aromatic carbocycles. The average Bonchev–Trinajstić information content (AvgIpc) is 3.13. The van der Waals surface area contributed by atoms with Crippen molar-refractivity contribution in [1.29, 1.82) is 0 Å². The van der Waals surface area contributed by atoms with Crippen molar-refractivity contribution in [2.24, 2.45) is 0 Å². The number of carbonyl (C=O) groups excluding carboxylic acids is 1. The number of thiazole rings is 1. The van der Waals surface area contributed by atoms with Crippen molar-refractivity contribution in [3.63, 3.8) is 0 Å². The summed E-state index contributed by atoms with van der Waals surface area (Å²) in [6, 6.07) is 8.04. The second-order valence-corrected chi connectivity index (χ2v) is 5.50. The van der Waals surface area contributed by atoms with E-state index in [-0.39, 0.29) is 12.5 Å². The van der Waals surface area contributed by atoms with E-state index in [1.165, 1.54) is 11.3 Å². The van der Waals surface area contributed by atoms with Gasteiger partial charge in [-0.05, 0) is 6.07 Å². The van der Waals surface area contributed by atoms with Crippen molar-refractivity contribution >= 4 is 33.3 Å². The maximum atomic E-state index is 11.7. The van der Waals surface area contributed by atoms with Crippen molar-refractivity contribution in [3.05, 3.63) is 35.8 Å². The van der Waals surface area contributed by atoms with E-state index < -0.39 is 0 Å². The van der Waals surface area contributed by atoms with E-state index in [2.05, 4.69) is 26.5 Å². The highest BCUT2D eigenvalue weighted by Gasteiger charge is 2.11. The van der Waals surface area contributed by atoms with Crippen LogP contribution in [-0.4, -0.2) is 29.0 Å². The van der Waals surface area contributed by atoms with Crippen molar-refractivity contribution in [2.75, 3.05) is 18.4 Å². The molecule has 110 valence electrons. The number of aromatic amines is 1. The van der Waals surface area contributed by atoms with Gasteiger partial charge >= 0.3 is 0 Å². The highest BCUT2D eigenvalue weighted by Crippen LogP contribution is 2.30. The monoisotopic (exact) mass is 310 g/mol. The highest BCUT2D eigenvalue weighted by atomic mass is 32.1. The number of fused-ring (bicyclic) bond motifs is 1. The Kier molecular flexibility index (Phi) is 4.19. The SMILES string of the molecule is C#CCNCC(=O)Nc1nc(-c2c[nH]c3ccccc23)cs1. The van der Waals surface area contributed by atoms with E-state index in [0.29, 0.717) is 11.7 Å². The van der Waals surface area contributed by atoms with E-state index in [1.807, 2.05) is 35.8 Å². The fraction of sp³-hybridized carbons (Fsp3) is 0.125. The average molecular weight is 310 g/mol. The fourth-order valence-corrected chi connectivity index (χ4v) is 2.88. The Morgan fingerprint density at radius 3 is 3.14 bits per heavy atom. The summed E-state index contributed by atoms with van der Waals surface area (Å²) in [5.74, 6) is 2.26. The number of hydrogen-bond acceptors (Lipinski definition) is 4. The zero-order valence-electron chi connectivity index (χ0n) is 11.7. The van der Waals surface area contributed by atoms with Crippen LogP contribution in [0.5, 0.6) is 0 Å². The summed E-state index contributed by atoms with van der Waals surface area (Å²) in [6.45, 7) is 0.540. The second kappa shape index (κ2) is 6.43. The topological polar surface area (TPSA) is 69.8 Å². The number of H-pyrrole nitrogens is 1. The molecule has 0 bridgehead atoms. The molecule has 3 aromatic rings. The summed E-state index contributed by atoms with van der Waals surface area (Å²) in [6.07, 6.45) is 7.04. The molecular weight excluding hydrogens is 296 g/mol. The Hall–Kier alpha value is -2.62. The Balaban J connectivity index is 1.74. The number of terminal acetylenes is 1. The maximum Gasteiger partial charge on any atom is 0.240 e. The van der Waals surface area contributed by atoms with Crippen molar-refractivity contribution in [2.45, 2.75) is 0 Å². The Morgan fingerprint density at radius 2 is 2.27 bits per heavy atom. The first-order valence-corrected chi connectivity index (χ1v) is 7.62. The van der Waals surface area contributed by atoms with Gasteiger partial charge in [0.05, 0.1) is 18.8 Å². The predicted octanol–water partition coefficient (Wildman–Crippen LogP) is 2.45. The molecule has 0 unspecified atom stereocenters. The summed E-state index contributed by atoms with van der Waals surface area (Å²) < 4.78 is 0. The summed E-state index contributed by atoms with van der Waals surface area (Å²) in [4.78, 5) is 19.4. The molecular formula is C16H14N4OS. The van der Waals surface area contributed by atoms with Crippen LogP contribution < -0.4 is 10.6 Å². The molecule has 6 heteroatoms. The molecule has 2 heterocycles. The van der Waals surface area contributed by atoms with Crippen molar-refractivity contribution in [1.82, 2.24) is 15.3 Å². The van der Waals surface area contributed by atoms with Gasteiger partial charge in [0, 0.05) is 28.0 Å². The lowest BCUT2D eigenvalue weighted by atomic mass is 10.1. The van der Waals surface area contributed by atoms with Gasteiger partial charge in [0.2, 0.25) is 5.91 Å². The third-order valence-electron chi connectivity index (χ3n) is 3.13. The lowest BCUT2D eigenvalue weighted by Crippen LogP contribution is -2.28. The number of nitrogens with zero attached hydrogens (tertiary/aromatic N) is 1. The molecule has 0 saturated heterocycles. The minimum absolute atomic E-state index is 0.157. The van der Waals surface area contributed by atoms with Crippen LogP contribution in [0, 0.1) is 12.3 Å². The first-order valence-electron chi connectivity index (χ1n) is 6.74. The largest absolute Gasteiger partial charge is 0.360 e. The number of para-hydroxylation sites is 1. The van der Waals surface area contributed by atoms with Gasteiger partial charge in [-0.25, -0.2) is 4.98 Å². The number of nitrogens with one attached hydrogen (secondary N) is 3. The van der Waals surface area contributed by atoms with Crippen molar-refractivity contribution < 1.29 is 4.79 Å². The first kappa shape index (κ1) is 14.3. The fourth-order valence-electron chi connectivity index (χ4n) is 2.15. The third-order valence-corrected chi connectivity index (χ3v) is 3.89. The van der Waals surface area contributed by atoms with Crippen LogP contribution in [0.1, 0.15) is 0 Å². The van der Waals surface area contributed by atoms with Gasteiger partial charge in [0.15, 0.2) is 5.13 Å². The third kappa shape index (κ3) is 3.01. The van der Waals surface area contributed by atoms with E-state index >= 15 is 0 Å². The number of hydrogen-bond donors (Lipinski definition) is 3. The molecule has 0 aliphatic carbocycles. The number of carbonyl (C=O) groups is 1. The minimum atomic E-state index is -0.157. The van der Waals surface area contributed by atoms with Gasteiger partial charge in [-0.2, -0.15) is 0 Å². The summed E-state index contributed by atoms with van der Waals surface area (Å²) in [5.41, 5.74) is 2.93. The van der Waals surface area contributed by atoms with Gasteiger partial charge < -0.3 is 10.3 Å². The minimum Gasteiger partial charge on any atom is -0.360 e. The van der Waals surface area contributed by atoms with Crippen molar-refractivity contribution in [3.8, 4) is 23.6 Å². The lowest BCUT2D eigenvalue weighted by molar-refractivity contribution is -0.115. The normalized spacial score (nSPS) is 10.5. The van der Waals surface area contributed by atoms with Gasteiger partial charge in [0.25, 0.3) is 0 Å². The van der Waals surface area contributed by atoms with Crippen LogP contribution in [0.2, 0.25) is 0 Å². The molecule has 3 rings (SSSR count). The Morgan fingerprint density at radius 1 is 1.41 bits per heavy atom. The van der Waals surface area contributed by atoms with Gasteiger partial charge in [-0.15, -0.1) is 17.8 Å². The van der Waals surface area contributed by atoms with Crippen LogP contribution in [0.15, 0.2) is 35.8 Å².